The van der Waals surface area contributed by atoms with E-state index in [1.807, 2.05) is 5.92 Å². The molecule has 0 aliphatic carbocycles. The molecule has 1 aliphatic heterocycles. The van der Waals surface area contributed by atoms with Gasteiger partial charge in [0.05, 0.1) is 12.1 Å². The van der Waals surface area contributed by atoms with Gasteiger partial charge in [0, 0.05) is 4.47 Å². The molecule has 1 aromatic rings. The van der Waals surface area contributed by atoms with Crippen molar-refractivity contribution in [3.05, 3.63) is 34.3 Å². The summed E-state index contributed by atoms with van der Waals surface area (Å²) < 4.78 is 44.8. The van der Waals surface area contributed by atoms with Crippen molar-refractivity contribution in [1.82, 2.24) is 0 Å². The van der Waals surface area contributed by atoms with Gasteiger partial charge in [0.15, 0.2) is 0 Å². The lowest BCUT2D eigenvalue weighted by Gasteiger charge is -2.27. The van der Waals surface area contributed by atoms with Gasteiger partial charge < -0.3 is 9.57 Å². The Labute approximate surface area is 121 Å². The lowest BCUT2D eigenvalue weighted by atomic mass is 10.0. The van der Waals surface area contributed by atoms with Gasteiger partial charge in [-0.3, -0.25) is 0 Å². The third kappa shape index (κ3) is 2.81. The Balaban J connectivity index is 2.22. The molecular weight excluding hydrogens is 339 g/mol. The summed E-state index contributed by atoms with van der Waals surface area (Å²) in [5.74, 6) is -0.810. The number of benzene rings is 1. The topological polar surface area (TPSA) is 30.8 Å². The number of oxime groups is 1. The molecule has 7 heteroatoms. The van der Waals surface area contributed by atoms with Crippen LogP contribution >= 0.6 is 15.9 Å². The number of terminal acetylenes is 1. The second-order valence-electron chi connectivity index (χ2n) is 4.06. The first-order chi connectivity index (χ1) is 9.38. The summed E-state index contributed by atoms with van der Waals surface area (Å²) in [6, 6.07) is 6.68. The summed E-state index contributed by atoms with van der Waals surface area (Å²) in [5.41, 5.74) is 0.690. The van der Waals surface area contributed by atoms with Crippen LogP contribution < -0.4 is 0 Å². The molecule has 1 atom stereocenters. The summed E-state index contributed by atoms with van der Waals surface area (Å²) in [7, 11) is 0. The van der Waals surface area contributed by atoms with Crippen LogP contribution in [0.3, 0.4) is 0 Å². The van der Waals surface area contributed by atoms with E-state index in [9.17, 15) is 13.2 Å². The molecule has 20 heavy (non-hydrogen) atoms. The Morgan fingerprint density at radius 3 is 2.60 bits per heavy atom. The number of rotatable bonds is 3. The fraction of sp³-hybridized carbons (Fsp3) is 0.308. The number of alkyl halides is 3. The number of halogens is 4. The summed E-state index contributed by atoms with van der Waals surface area (Å²) in [6.07, 6.45) is -0.343. The predicted octanol–water partition coefficient (Wildman–Crippen LogP) is 3.48. The molecule has 0 N–H and O–H groups in total. The van der Waals surface area contributed by atoms with E-state index in [0.29, 0.717) is 5.56 Å². The number of hydrogen-bond donors (Lipinski definition) is 0. The lowest BCUT2D eigenvalue weighted by molar-refractivity contribution is -0.368. The maximum atomic E-state index is 13.1. The van der Waals surface area contributed by atoms with Crippen molar-refractivity contribution in [3.63, 3.8) is 0 Å². The summed E-state index contributed by atoms with van der Waals surface area (Å²) in [6.45, 7) is -0.511. The molecule has 0 saturated carbocycles. The van der Waals surface area contributed by atoms with Gasteiger partial charge in [0.25, 0.3) is 0 Å². The van der Waals surface area contributed by atoms with Crippen LogP contribution in [-0.2, 0) is 9.57 Å². The van der Waals surface area contributed by atoms with Gasteiger partial charge >= 0.3 is 12.0 Å². The van der Waals surface area contributed by atoms with Crippen molar-refractivity contribution in [2.45, 2.75) is 18.4 Å². The quantitative estimate of drug-likeness (QED) is 0.783. The molecule has 0 spiro atoms. The maximum Gasteiger partial charge on any atom is 0.458 e. The average molecular weight is 348 g/mol. The molecule has 0 fully saturated rings. The van der Waals surface area contributed by atoms with E-state index in [-0.39, 0.29) is 5.71 Å². The number of hydrogen-bond acceptors (Lipinski definition) is 3. The Bertz CT molecular complexity index is 562. The van der Waals surface area contributed by atoms with Crippen molar-refractivity contribution < 1.29 is 22.7 Å². The zero-order chi connectivity index (χ0) is 14.8. The Morgan fingerprint density at radius 1 is 1.40 bits per heavy atom. The highest BCUT2D eigenvalue weighted by atomic mass is 79.9. The molecule has 0 saturated heterocycles. The van der Waals surface area contributed by atoms with Crippen LogP contribution in [-0.4, -0.2) is 24.3 Å². The van der Waals surface area contributed by atoms with E-state index in [4.69, 9.17) is 6.42 Å². The molecule has 0 aromatic heterocycles. The Morgan fingerprint density at radius 2 is 2.05 bits per heavy atom. The van der Waals surface area contributed by atoms with Gasteiger partial charge in [-0.25, -0.2) is 0 Å². The van der Waals surface area contributed by atoms with Gasteiger partial charge in [0.1, 0.15) is 6.61 Å². The molecule has 106 valence electrons. The SMILES string of the molecule is C#CCOC1(C(F)(F)F)CC(c2ccc(Br)cc2)=NO1. The minimum Gasteiger partial charge on any atom is -0.349 e. The highest BCUT2D eigenvalue weighted by Gasteiger charge is 2.62. The zero-order valence-electron chi connectivity index (χ0n) is 10.1. The van der Waals surface area contributed by atoms with Crippen LogP contribution in [0, 0.1) is 12.3 Å². The van der Waals surface area contributed by atoms with E-state index in [1.165, 1.54) is 0 Å². The van der Waals surface area contributed by atoms with E-state index in [2.05, 4.69) is 30.7 Å². The van der Waals surface area contributed by atoms with E-state index < -0.39 is 25.0 Å². The fourth-order valence-electron chi connectivity index (χ4n) is 1.68. The largest absolute Gasteiger partial charge is 0.458 e. The maximum absolute atomic E-state index is 13.1. The molecular formula is C13H9BrF3NO2. The summed E-state index contributed by atoms with van der Waals surface area (Å²) in [5, 5.41) is 3.50. The second-order valence-corrected chi connectivity index (χ2v) is 4.97. The zero-order valence-corrected chi connectivity index (χ0v) is 11.7. The standard InChI is InChI=1S/C13H9BrF3NO2/c1-2-7-19-12(13(15,16)17)8-11(18-20-12)9-3-5-10(14)6-4-9/h1,3-6H,7-8H2. The Hall–Kier alpha value is -1.52. The van der Waals surface area contributed by atoms with Crippen molar-refractivity contribution in [2.75, 3.05) is 6.61 Å². The highest BCUT2D eigenvalue weighted by molar-refractivity contribution is 9.10. The van der Waals surface area contributed by atoms with Crippen LogP contribution in [0.15, 0.2) is 33.9 Å². The van der Waals surface area contributed by atoms with E-state index in [0.717, 1.165) is 4.47 Å². The van der Waals surface area contributed by atoms with Crippen molar-refractivity contribution in [3.8, 4) is 12.3 Å². The molecule has 1 heterocycles. The molecule has 2 rings (SSSR count). The predicted molar refractivity (Wildman–Crippen MR) is 70.0 cm³/mol. The Kier molecular flexibility index (Phi) is 4.06. The van der Waals surface area contributed by atoms with Gasteiger partial charge in [0.2, 0.25) is 0 Å². The summed E-state index contributed by atoms with van der Waals surface area (Å²) in [4.78, 5) is 4.54. The van der Waals surface area contributed by atoms with Crippen LogP contribution in [0.1, 0.15) is 12.0 Å². The molecule has 1 unspecified atom stereocenters. The van der Waals surface area contributed by atoms with Crippen LogP contribution in [0.5, 0.6) is 0 Å². The summed E-state index contributed by atoms with van der Waals surface area (Å²) >= 11 is 3.24. The first kappa shape index (κ1) is 14.9. The van der Waals surface area contributed by atoms with Gasteiger partial charge in [-0.15, -0.1) is 6.42 Å². The van der Waals surface area contributed by atoms with E-state index in [1.54, 1.807) is 24.3 Å². The van der Waals surface area contributed by atoms with Crippen molar-refractivity contribution >= 4 is 21.6 Å². The molecule has 0 radical (unpaired) electrons. The minimum atomic E-state index is -4.73. The molecule has 3 nitrogen and oxygen atoms in total. The molecule has 0 amide bonds. The van der Waals surface area contributed by atoms with Gasteiger partial charge in [-0.1, -0.05) is 39.1 Å². The molecule has 0 bridgehead atoms. The monoisotopic (exact) mass is 347 g/mol. The third-order valence-electron chi connectivity index (χ3n) is 2.70. The van der Waals surface area contributed by atoms with E-state index >= 15 is 0 Å². The van der Waals surface area contributed by atoms with Gasteiger partial charge in [-0.05, 0) is 17.7 Å². The third-order valence-corrected chi connectivity index (χ3v) is 3.23. The van der Waals surface area contributed by atoms with Crippen LogP contribution in [0.2, 0.25) is 0 Å². The highest BCUT2D eigenvalue weighted by Crippen LogP contribution is 2.42. The molecule has 1 aromatic carbocycles. The lowest BCUT2D eigenvalue weighted by Crippen LogP contribution is -2.48. The normalized spacial score (nSPS) is 22.1. The van der Waals surface area contributed by atoms with Crippen molar-refractivity contribution in [1.29, 1.82) is 0 Å². The average Bonchev–Trinajstić information content (AvgIpc) is 2.82. The van der Waals surface area contributed by atoms with Crippen LogP contribution in [0.4, 0.5) is 13.2 Å². The smallest absolute Gasteiger partial charge is 0.349 e. The van der Waals surface area contributed by atoms with Crippen LogP contribution in [0.25, 0.3) is 0 Å². The number of nitrogens with zero attached hydrogens (tertiary/aromatic N) is 1. The number of ether oxygens (including phenoxy) is 1. The minimum absolute atomic E-state index is 0.159. The first-order valence-corrected chi connectivity index (χ1v) is 6.32. The second kappa shape index (κ2) is 5.46. The first-order valence-electron chi connectivity index (χ1n) is 5.53. The fourth-order valence-corrected chi connectivity index (χ4v) is 1.94. The van der Waals surface area contributed by atoms with Gasteiger partial charge in [-0.2, -0.15) is 13.2 Å². The molecule has 1 aliphatic rings. The van der Waals surface area contributed by atoms with Crippen molar-refractivity contribution in [2.24, 2.45) is 5.16 Å².